The highest BCUT2D eigenvalue weighted by Gasteiger charge is 2.18. The van der Waals surface area contributed by atoms with Crippen LogP contribution in [0.4, 0.5) is 10.8 Å². The van der Waals surface area contributed by atoms with Crippen LogP contribution in [-0.4, -0.2) is 35.1 Å². The number of carbonyl (C=O) groups is 1. The SMILES string of the molecule is Cc1cc2c(O)cc(-c3csc(NC(=O)CC(C)(C)C)n3)nc2cc1N(C)C. The third-order valence-corrected chi connectivity index (χ3v) is 5.05. The lowest BCUT2D eigenvalue weighted by Crippen LogP contribution is -2.19. The number of benzene rings is 1. The summed E-state index contributed by atoms with van der Waals surface area (Å²) >= 11 is 1.35. The van der Waals surface area contributed by atoms with Crippen molar-refractivity contribution < 1.29 is 9.90 Å². The molecule has 0 atom stereocenters. The molecule has 2 aromatic heterocycles. The van der Waals surface area contributed by atoms with Crippen molar-refractivity contribution in [2.24, 2.45) is 5.41 Å². The lowest BCUT2D eigenvalue weighted by atomic mass is 9.92. The van der Waals surface area contributed by atoms with E-state index in [0.29, 0.717) is 33.8 Å². The second-order valence-corrected chi connectivity index (χ2v) is 9.26. The Labute approximate surface area is 169 Å². The van der Waals surface area contributed by atoms with E-state index in [9.17, 15) is 9.90 Å². The molecule has 0 saturated heterocycles. The number of aromatic hydroxyl groups is 1. The first-order valence-corrected chi connectivity index (χ1v) is 9.99. The fraction of sp³-hybridized carbons (Fsp3) is 0.381. The molecule has 0 aliphatic heterocycles. The van der Waals surface area contributed by atoms with Gasteiger partial charge in [-0.15, -0.1) is 11.3 Å². The molecule has 7 heteroatoms. The third-order valence-electron chi connectivity index (χ3n) is 4.29. The van der Waals surface area contributed by atoms with E-state index < -0.39 is 0 Å². The molecule has 1 amide bonds. The maximum Gasteiger partial charge on any atom is 0.226 e. The van der Waals surface area contributed by atoms with Gasteiger partial charge < -0.3 is 15.3 Å². The highest BCUT2D eigenvalue weighted by molar-refractivity contribution is 7.14. The zero-order valence-corrected chi connectivity index (χ0v) is 17.9. The van der Waals surface area contributed by atoms with Gasteiger partial charge in [0.1, 0.15) is 11.4 Å². The molecule has 2 N–H and O–H groups in total. The summed E-state index contributed by atoms with van der Waals surface area (Å²) in [6, 6.07) is 5.52. The Balaban J connectivity index is 1.93. The monoisotopic (exact) mass is 398 g/mol. The normalized spacial score (nSPS) is 11.6. The predicted octanol–water partition coefficient (Wildman–Crippen LogP) is 4.81. The summed E-state index contributed by atoms with van der Waals surface area (Å²) in [5, 5.41) is 16.4. The first-order valence-electron chi connectivity index (χ1n) is 9.11. The molecule has 0 aliphatic rings. The molecule has 3 rings (SSSR count). The molecule has 0 aliphatic carbocycles. The summed E-state index contributed by atoms with van der Waals surface area (Å²) in [5.74, 6) is 0.105. The Morgan fingerprint density at radius 2 is 1.89 bits per heavy atom. The maximum absolute atomic E-state index is 12.1. The van der Waals surface area contributed by atoms with Crippen molar-refractivity contribution in [1.29, 1.82) is 0 Å². The predicted molar refractivity (Wildman–Crippen MR) is 116 cm³/mol. The molecule has 0 spiro atoms. The molecule has 2 heterocycles. The zero-order valence-electron chi connectivity index (χ0n) is 17.1. The Kier molecular flexibility index (Phi) is 5.30. The van der Waals surface area contributed by atoms with Crippen LogP contribution < -0.4 is 10.2 Å². The number of hydrogen-bond donors (Lipinski definition) is 2. The van der Waals surface area contributed by atoms with E-state index in [1.54, 1.807) is 6.07 Å². The average Bonchev–Trinajstić information content (AvgIpc) is 3.01. The van der Waals surface area contributed by atoms with Crippen molar-refractivity contribution in [2.75, 3.05) is 24.3 Å². The lowest BCUT2D eigenvalue weighted by molar-refractivity contribution is -0.117. The van der Waals surface area contributed by atoms with E-state index in [4.69, 9.17) is 0 Å². The van der Waals surface area contributed by atoms with Gasteiger partial charge in [0.15, 0.2) is 5.13 Å². The van der Waals surface area contributed by atoms with Crippen LogP contribution in [0.25, 0.3) is 22.3 Å². The van der Waals surface area contributed by atoms with Crippen LogP contribution in [-0.2, 0) is 4.79 Å². The standard InChI is InChI=1S/C21H26N4O2S/c1-12-7-13-14(8-17(12)25(5)6)22-15(9-18(13)26)16-11-28-20(23-16)24-19(27)10-21(2,3)4/h7-9,11H,10H2,1-6H3,(H,22,26)(H,23,24,27). The molecule has 0 unspecified atom stereocenters. The largest absolute Gasteiger partial charge is 0.507 e. The molecule has 28 heavy (non-hydrogen) atoms. The van der Waals surface area contributed by atoms with E-state index in [0.717, 1.165) is 11.3 Å². The van der Waals surface area contributed by atoms with Crippen molar-refractivity contribution >= 4 is 39.0 Å². The number of amides is 1. The number of carbonyl (C=O) groups excluding carboxylic acids is 1. The number of hydrogen-bond acceptors (Lipinski definition) is 6. The van der Waals surface area contributed by atoms with Gasteiger partial charge in [0, 0.05) is 43.0 Å². The van der Waals surface area contributed by atoms with Crippen LogP contribution in [0, 0.1) is 12.3 Å². The van der Waals surface area contributed by atoms with E-state index >= 15 is 0 Å². The average molecular weight is 399 g/mol. The van der Waals surface area contributed by atoms with Gasteiger partial charge in [-0.25, -0.2) is 9.97 Å². The number of anilines is 2. The summed E-state index contributed by atoms with van der Waals surface area (Å²) in [6.45, 7) is 8.07. The number of aryl methyl sites for hydroxylation is 1. The second kappa shape index (κ2) is 7.39. The molecule has 148 valence electrons. The van der Waals surface area contributed by atoms with Crippen LogP contribution in [0.5, 0.6) is 5.75 Å². The smallest absolute Gasteiger partial charge is 0.226 e. The van der Waals surface area contributed by atoms with E-state index in [2.05, 4.69) is 15.3 Å². The fourth-order valence-corrected chi connectivity index (χ4v) is 3.78. The second-order valence-electron chi connectivity index (χ2n) is 8.40. The number of fused-ring (bicyclic) bond motifs is 1. The number of nitrogens with zero attached hydrogens (tertiary/aromatic N) is 3. The lowest BCUT2D eigenvalue weighted by Gasteiger charge is -2.17. The van der Waals surface area contributed by atoms with Crippen LogP contribution in [0.15, 0.2) is 23.6 Å². The molecule has 0 saturated carbocycles. The summed E-state index contributed by atoms with van der Waals surface area (Å²) < 4.78 is 0. The minimum Gasteiger partial charge on any atom is -0.507 e. The molecular formula is C21H26N4O2S. The Morgan fingerprint density at radius 1 is 1.18 bits per heavy atom. The van der Waals surface area contributed by atoms with Crippen LogP contribution in [0.1, 0.15) is 32.8 Å². The summed E-state index contributed by atoms with van der Waals surface area (Å²) in [4.78, 5) is 23.3. The van der Waals surface area contributed by atoms with Crippen molar-refractivity contribution in [3.8, 4) is 17.1 Å². The van der Waals surface area contributed by atoms with Crippen LogP contribution in [0.3, 0.4) is 0 Å². The van der Waals surface area contributed by atoms with Gasteiger partial charge in [0.05, 0.1) is 11.2 Å². The quantitative estimate of drug-likeness (QED) is 0.659. The highest BCUT2D eigenvalue weighted by Crippen LogP contribution is 2.34. The number of aromatic nitrogens is 2. The van der Waals surface area contributed by atoms with E-state index in [1.165, 1.54) is 11.3 Å². The van der Waals surface area contributed by atoms with Crippen LogP contribution in [0.2, 0.25) is 0 Å². The minimum atomic E-state index is -0.0852. The Bertz CT molecular complexity index is 1030. The van der Waals surface area contributed by atoms with Crippen molar-refractivity contribution in [1.82, 2.24) is 9.97 Å². The van der Waals surface area contributed by atoms with Crippen LogP contribution >= 0.6 is 11.3 Å². The minimum absolute atomic E-state index is 0.0613. The molecule has 0 radical (unpaired) electrons. The Morgan fingerprint density at radius 3 is 2.54 bits per heavy atom. The summed E-state index contributed by atoms with van der Waals surface area (Å²) in [5.41, 5.74) is 3.94. The van der Waals surface area contributed by atoms with Crippen molar-refractivity contribution in [3.63, 3.8) is 0 Å². The highest BCUT2D eigenvalue weighted by atomic mass is 32.1. The number of nitrogens with one attached hydrogen (secondary N) is 1. The Hall–Kier alpha value is -2.67. The number of pyridine rings is 1. The molecule has 0 fully saturated rings. The zero-order chi connectivity index (χ0) is 20.6. The van der Waals surface area contributed by atoms with Gasteiger partial charge in [-0.1, -0.05) is 20.8 Å². The number of thiazole rings is 1. The summed E-state index contributed by atoms with van der Waals surface area (Å²) in [6.07, 6.45) is 0.420. The van der Waals surface area contributed by atoms with E-state index in [1.807, 2.05) is 64.2 Å². The topological polar surface area (TPSA) is 78.3 Å². The first-order chi connectivity index (χ1) is 13.0. The van der Waals surface area contributed by atoms with Crippen molar-refractivity contribution in [2.45, 2.75) is 34.1 Å². The fourth-order valence-electron chi connectivity index (χ4n) is 3.06. The molecule has 3 aromatic rings. The van der Waals surface area contributed by atoms with Gasteiger partial charge in [-0.2, -0.15) is 0 Å². The van der Waals surface area contributed by atoms with Crippen molar-refractivity contribution in [3.05, 3.63) is 29.1 Å². The number of rotatable bonds is 4. The van der Waals surface area contributed by atoms with Gasteiger partial charge in [0.25, 0.3) is 0 Å². The maximum atomic E-state index is 12.1. The molecule has 0 bridgehead atoms. The van der Waals surface area contributed by atoms with Gasteiger partial charge in [-0.3, -0.25) is 4.79 Å². The van der Waals surface area contributed by atoms with Gasteiger partial charge >= 0.3 is 0 Å². The summed E-state index contributed by atoms with van der Waals surface area (Å²) in [7, 11) is 3.95. The molecular weight excluding hydrogens is 372 g/mol. The molecule has 1 aromatic carbocycles. The van der Waals surface area contributed by atoms with E-state index in [-0.39, 0.29) is 17.1 Å². The third kappa shape index (κ3) is 4.42. The van der Waals surface area contributed by atoms with Gasteiger partial charge in [0.2, 0.25) is 5.91 Å². The van der Waals surface area contributed by atoms with Gasteiger partial charge in [-0.05, 0) is 30.0 Å². The molecule has 6 nitrogen and oxygen atoms in total. The first kappa shape index (κ1) is 20.1.